The third kappa shape index (κ3) is 1.44. The van der Waals surface area contributed by atoms with Crippen LogP contribution in [0.2, 0.25) is 0 Å². The normalized spacial score (nSPS) is 9.79. The highest BCUT2D eigenvalue weighted by molar-refractivity contribution is 5.54. The third-order valence-electron chi connectivity index (χ3n) is 1.45. The van der Waals surface area contributed by atoms with Crippen molar-refractivity contribution in [1.82, 2.24) is 0 Å². The molecule has 0 atom stereocenters. The number of nitro benzene ring substituents is 2. The molecule has 0 spiro atoms. The van der Waals surface area contributed by atoms with Crippen molar-refractivity contribution in [2.45, 2.75) is 0 Å². The number of hydrogen-bond donors (Lipinski definition) is 1. The van der Waals surface area contributed by atoms with Gasteiger partial charge < -0.3 is 5.11 Å². The van der Waals surface area contributed by atoms with Crippen LogP contribution in [0.15, 0.2) is 12.1 Å². The zero-order chi connectivity index (χ0) is 10.9. The predicted octanol–water partition coefficient (Wildman–Crippen LogP) is 1.35. The van der Waals surface area contributed by atoms with E-state index in [4.69, 9.17) is 5.11 Å². The summed E-state index contributed by atoms with van der Waals surface area (Å²) in [5.74, 6) is -2.60. The van der Waals surface area contributed by atoms with E-state index in [0.717, 1.165) is 0 Å². The number of rotatable bonds is 2. The summed E-state index contributed by atoms with van der Waals surface area (Å²) in [7, 11) is 0. The summed E-state index contributed by atoms with van der Waals surface area (Å²) >= 11 is 0. The maximum Gasteiger partial charge on any atom is 0.353 e. The second kappa shape index (κ2) is 3.24. The van der Waals surface area contributed by atoms with Crippen molar-refractivity contribution in [3.05, 3.63) is 38.2 Å². The molecule has 0 saturated heterocycles. The zero-order valence-corrected chi connectivity index (χ0v) is 6.51. The Kier molecular flexibility index (Phi) is 2.28. The number of phenols is 1. The molecule has 0 saturated carbocycles. The van der Waals surface area contributed by atoms with E-state index >= 15 is 0 Å². The van der Waals surface area contributed by atoms with E-state index in [0.29, 0.717) is 12.1 Å². The average Bonchev–Trinajstić information content (AvgIpc) is 2.02. The summed E-state index contributed by atoms with van der Waals surface area (Å²) in [6.07, 6.45) is 0. The van der Waals surface area contributed by atoms with Crippen LogP contribution >= 0.6 is 0 Å². The number of nitro groups is 2. The van der Waals surface area contributed by atoms with Crippen molar-refractivity contribution in [3.63, 3.8) is 0 Å². The quantitative estimate of drug-likeness (QED) is 0.575. The van der Waals surface area contributed by atoms with Crippen molar-refractivity contribution in [3.8, 4) is 5.75 Å². The number of hydrogen-bond acceptors (Lipinski definition) is 5. The smallest absolute Gasteiger partial charge is 0.353 e. The van der Waals surface area contributed by atoms with Crippen LogP contribution in [0.3, 0.4) is 0 Å². The molecule has 0 radical (unpaired) electrons. The van der Waals surface area contributed by atoms with Crippen LogP contribution in [0.25, 0.3) is 0 Å². The van der Waals surface area contributed by atoms with Gasteiger partial charge in [0, 0.05) is 6.07 Å². The summed E-state index contributed by atoms with van der Waals surface area (Å²) in [6.45, 7) is 0. The zero-order valence-electron chi connectivity index (χ0n) is 6.51. The van der Waals surface area contributed by atoms with E-state index in [1.807, 2.05) is 0 Å². The Hall–Kier alpha value is -2.25. The highest BCUT2D eigenvalue weighted by atomic mass is 19.1. The summed E-state index contributed by atoms with van der Waals surface area (Å²) < 4.78 is 13.0. The van der Waals surface area contributed by atoms with Crippen molar-refractivity contribution in [2.75, 3.05) is 0 Å². The molecule has 0 aliphatic rings. The van der Waals surface area contributed by atoms with Crippen molar-refractivity contribution < 1.29 is 19.3 Å². The topological polar surface area (TPSA) is 107 Å². The minimum Gasteiger partial charge on any atom is -0.502 e. The fourth-order valence-corrected chi connectivity index (χ4v) is 0.858. The van der Waals surface area contributed by atoms with Crippen LogP contribution in [0.1, 0.15) is 0 Å². The molecule has 1 N–H and O–H groups in total. The van der Waals surface area contributed by atoms with Crippen LogP contribution in [0.5, 0.6) is 5.75 Å². The van der Waals surface area contributed by atoms with Gasteiger partial charge in [-0.05, 0) is 6.07 Å². The van der Waals surface area contributed by atoms with Crippen molar-refractivity contribution in [1.29, 1.82) is 0 Å². The van der Waals surface area contributed by atoms with Gasteiger partial charge in [0.25, 0.3) is 5.82 Å². The highest BCUT2D eigenvalue weighted by Crippen LogP contribution is 2.34. The van der Waals surface area contributed by atoms with Crippen molar-refractivity contribution >= 4 is 11.4 Å². The van der Waals surface area contributed by atoms with Gasteiger partial charge in [0.15, 0.2) is 5.75 Å². The summed E-state index contributed by atoms with van der Waals surface area (Å²) in [5.41, 5.74) is -2.34. The molecule has 1 aromatic rings. The minimum absolute atomic E-state index is 0.650. The molecule has 0 fully saturated rings. The molecule has 14 heavy (non-hydrogen) atoms. The van der Waals surface area contributed by atoms with Crippen LogP contribution in [0, 0.1) is 26.0 Å². The molecule has 8 heteroatoms. The van der Waals surface area contributed by atoms with Gasteiger partial charge >= 0.3 is 11.4 Å². The largest absolute Gasteiger partial charge is 0.502 e. The van der Waals surface area contributed by atoms with E-state index in [1.165, 1.54) is 0 Å². The average molecular weight is 202 g/mol. The second-order valence-electron chi connectivity index (χ2n) is 2.28. The maximum atomic E-state index is 13.0. The fraction of sp³-hybridized carbons (Fsp3) is 0. The molecule has 0 aromatic heterocycles. The molecular formula is C6H3FN2O5. The molecule has 1 rings (SSSR count). The monoisotopic (exact) mass is 202 g/mol. The van der Waals surface area contributed by atoms with Crippen LogP contribution in [-0.4, -0.2) is 15.0 Å². The molecule has 7 nitrogen and oxygen atoms in total. The number of nitrogens with zero attached hydrogens (tertiary/aromatic N) is 2. The van der Waals surface area contributed by atoms with Crippen LogP contribution < -0.4 is 0 Å². The van der Waals surface area contributed by atoms with Crippen LogP contribution in [-0.2, 0) is 0 Å². The third-order valence-corrected chi connectivity index (χ3v) is 1.45. The summed E-state index contributed by atoms with van der Waals surface area (Å²) in [5, 5.41) is 29.2. The van der Waals surface area contributed by atoms with Gasteiger partial charge in [-0.2, -0.15) is 4.39 Å². The first-order valence-electron chi connectivity index (χ1n) is 3.25. The SMILES string of the molecule is O=[N+]([O-])c1ccc(O)c([N+](=O)[O-])c1F. The van der Waals surface area contributed by atoms with E-state index in [-0.39, 0.29) is 0 Å². The van der Waals surface area contributed by atoms with E-state index in [9.17, 15) is 24.6 Å². The molecule has 0 bridgehead atoms. The lowest BCUT2D eigenvalue weighted by Gasteiger charge is -1.97. The van der Waals surface area contributed by atoms with Gasteiger partial charge in [-0.1, -0.05) is 0 Å². The van der Waals surface area contributed by atoms with Gasteiger partial charge in [-0.3, -0.25) is 20.2 Å². The van der Waals surface area contributed by atoms with Gasteiger partial charge in [-0.25, -0.2) is 0 Å². The molecule has 74 valence electrons. The molecule has 1 aromatic carbocycles. The van der Waals surface area contributed by atoms with Gasteiger partial charge in [-0.15, -0.1) is 0 Å². The Morgan fingerprint density at radius 2 is 1.79 bits per heavy atom. The second-order valence-corrected chi connectivity index (χ2v) is 2.28. The molecular weight excluding hydrogens is 199 g/mol. The first-order chi connectivity index (χ1) is 6.45. The summed E-state index contributed by atoms with van der Waals surface area (Å²) in [4.78, 5) is 18.0. The Balaban J connectivity index is 3.49. The maximum absolute atomic E-state index is 13.0. The molecule has 0 aliphatic heterocycles. The van der Waals surface area contributed by atoms with E-state index in [2.05, 4.69) is 0 Å². The standard InChI is InChI=1S/C6H3FN2O5/c7-5-3(8(11)12)1-2-4(10)6(5)9(13)14/h1-2,10H. The minimum atomic E-state index is -1.65. The Labute approximate surface area is 75.7 Å². The van der Waals surface area contributed by atoms with Crippen molar-refractivity contribution in [2.24, 2.45) is 0 Å². The van der Waals surface area contributed by atoms with E-state index in [1.54, 1.807) is 0 Å². The van der Waals surface area contributed by atoms with Gasteiger partial charge in [0.05, 0.1) is 9.85 Å². The lowest BCUT2D eigenvalue weighted by molar-refractivity contribution is -0.399. The Bertz CT molecular complexity index is 419. The van der Waals surface area contributed by atoms with E-state index < -0.39 is 32.8 Å². The molecule has 0 heterocycles. The van der Waals surface area contributed by atoms with Crippen LogP contribution in [0.4, 0.5) is 15.8 Å². The van der Waals surface area contributed by atoms with Gasteiger partial charge in [0.2, 0.25) is 0 Å². The lowest BCUT2D eigenvalue weighted by atomic mass is 10.2. The van der Waals surface area contributed by atoms with Gasteiger partial charge in [0.1, 0.15) is 0 Å². The molecule has 0 amide bonds. The Morgan fingerprint density at radius 3 is 2.21 bits per heavy atom. The summed E-state index contributed by atoms with van der Waals surface area (Å²) in [6, 6.07) is 1.34. The lowest BCUT2D eigenvalue weighted by Crippen LogP contribution is -1.98. The highest BCUT2D eigenvalue weighted by Gasteiger charge is 2.29. The molecule has 0 aliphatic carbocycles. The fourth-order valence-electron chi connectivity index (χ4n) is 0.858. The number of benzene rings is 1. The first kappa shape index (κ1) is 9.84. The number of halogens is 1. The predicted molar refractivity (Wildman–Crippen MR) is 41.4 cm³/mol. The number of aromatic hydroxyl groups is 1. The Morgan fingerprint density at radius 1 is 1.21 bits per heavy atom. The first-order valence-corrected chi connectivity index (χ1v) is 3.25. The molecule has 0 unspecified atom stereocenters. The number of phenolic OH excluding ortho intramolecular Hbond substituents is 1.